The summed E-state index contributed by atoms with van der Waals surface area (Å²) in [6, 6.07) is 0. The minimum atomic E-state index is 0.178. The van der Waals surface area contributed by atoms with Gasteiger partial charge in [0.15, 0.2) is 5.78 Å². The highest BCUT2D eigenvalue weighted by Crippen LogP contribution is 1.88. The number of carbonyl (C=O) groups is 1. The first kappa shape index (κ1) is 9.59. The van der Waals surface area contributed by atoms with E-state index in [-0.39, 0.29) is 12.4 Å². The Kier molecular flexibility index (Phi) is 6.43. The summed E-state index contributed by atoms with van der Waals surface area (Å²) in [5, 5.41) is 2.97. The lowest BCUT2D eigenvalue weighted by Crippen LogP contribution is -2.12. The fourth-order valence-corrected chi connectivity index (χ4v) is 0.695. The number of carbonyl (C=O) groups excluding carboxylic acids is 1. The second-order valence-electron chi connectivity index (χ2n) is 2.18. The van der Waals surface area contributed by atoms with E-state index in [1.807, 2.05) is 7.05 Å². The van der Waals surface area contributed by atoms with E-state index in [1.54, 1.807) is 0 Å². The van der Waals surface area contributed by atoms with E-state index in [1.165, 1.54) is 7.11 Å². The zero-order chi connectivity index (χ0) is 7.82. The zero-order valence-electron chi connectivity index (χ0n) is 6.64. The monoisotopic (exact) mass is 145 g/mol. The average molecular weight is 145 g/mol. The second-order valence-corrected chi connectivity index (χ2v) is 2.18. The predicted octanol–water partition coefficient (Wildman–Crippen LogP) is 0.201. The number of ether oxygens (including phenoxy) is 1. The van der Waals surface area contributed by atoms with Gasteiger partial charge in [0.05, 0.1) is 0 Å². The minimum absolute atomic E-state index is 0.178. The van der Waals surface area contributed by atoms with E-state index in [0.29, 0.717) is 6.42 Å². The molecular weight excluding hydrogens is 130 g/mol. The third-order valence-electron chi connectivity index (χ3n) is 1.19. The molecule has 0 spiro atoms. The first-order valence-corrected chi connectivity index (χ1v) is 3.46. The van der Waals surface area contributed by atoms with Crippen molar-refractivity contribution in [2.45, 2.75) is 12.8 Å². The molecule has 0 radical (unpaired) electrons. The maximum atomic E-state index is 10.8. The van der Waals surface area contributed by atoms with Gasteiger partial charge in [0.2, 0.25) is 0 Å². The van der Waals surface area contributed by atoms with Gasteiger partial charge in [0, 0.05) is 13.5 Å². The molecule has 0 aromatic carbocycles. The van der Waals surface area contributed by atoms with Gasteiger partial charge in [0.25, 0.3) is 0 Å². The van der Waals surface area contributed by atoms with Gasteiger partial charge < -0.3 is 10.1 Å². The molecule has 0 aromatic rings. The topological polar surface area (TPSA) is 38.3 Å². The first-order chi connectivity index (χ1) is 4.81. The number of hydrogen-bond acceptors (Lipinski definition) is 3. The average Bonchev–Trinajstić information content (AvgIpc) is 1.89. The SMILES string of the molecule is CNCCCC(=O)COC. The minimum Gasteiger partial charge on any atom is -0.377 e. The summed E-state index contributed by atoms with van der Waals surface area (Å²) in [6.07, 6.45) is 1.52. The molecule has 0 rings (SSSR count). The number of methoxy groups -OCH3 is 1. The van der Waals surface area contributed by atoms with Crippen molar-refractivity contribution in [3.05, 3.63) is 0 Å². The second kappa shape index (κ2) is 6.71. The quantitative estimate of drug-likeness (QED) is 0.543. The third kappa shape index (κ3) is 5.72. The number of hydrogen-bond donors (Lipinski definition) is 1. The van der Waals surface area contributed by atoms with E-state index in [4.69, 9.17) is 0 Å². The molecule has 0 bridgehead atoms. The molecule has 0 amide bonds. The molecule has 0 unspecified atom stereocenters. The van der Waals surface area contributed by atoms with Gasteiger partial charge in [0.1, 0.15) is 6.61 Å². The van der Waals surface area contributed by atoms with Gasteiger partial charge in [-0.1, -0.05) is 0 Å². The molecule has 0 aliphatic carbocycles. The molecule has 0 saturated heterocycles. The van der Waals surface area contributed by atoms with Crippen LogP contribution in [-0.2, 0) is 9.53 Å². The van der Waals surface area contributed by atoms with Crippen LogP contribution in [0.3, 0.4) is 0 Å². The molecule has 0 heterocycles. The molecule has 3 heteroatoms. The van der Waals surface area contributed by atoms with Crippen molar-refractivity contribution < 1.29 is 9.53 Å². The number of nitrogens with one attached hydrogen (secondary N) is 1. The van der Waals surface area contributed by atoms with Crippen LogP contribution in [0.5, 0.6) is 0 Å². The maximum absolute atomic E-state index is 10.8. The van der Waals surface area contributed by atoms with Crippen molar-refractivity contribution in [2.75, 3.05) is 27.3 Å². The van der Waals surface area contributed by atoms with Crippen molar-refractivity contribution in [1.29, 1.82) is 0 Å². The summed E-state index contributed by atoms with van der Waals surface area (Å²) in [6.45, 7) is 1.15. The Hall–Kier alpha value is -0.410. The van der Waals surface area contributed by atoms with Crippen molar-refractivity contribution in [3.63, 3.8) is 0 Å². The fraction of sp³-hybridized carbons (Fsp3) is 0.857. The van der Waals surface area contributed by atoms with E-state index in [2.05, 4.69) is 10.1 Å². The third-order valence-corrected chi connectivity index (χ3v) is 1.19. The van der Waals surface area contributed by atoms with Gasteiger partial charge in [-0.3, -0.25) is 4.79 Å². The molecule has 1 N–H and O–H groups in total. The Morgan fingerprint density at radius 2 is 2.30 bits per heavy atom. The lowest BCUT2D eigenvalue weighted by molar-refractivity contribution is -0.122. The smallest absolute Gasteiger partial charge is 0.158 e. The van der Waals surface area contributed by atoms with Crippen LogP contribution in [0.25, 0.3) is 0 Å². The highest BCUT2D eigenvalue weighted by atomic mass is 16.5. The van der Waals surface area contributed by atoms with Crippen LogP contribution in [0.2, 0.25) is 0 Å². The summed E-state index contributed by atoms with van der Waals surface area (Å²) in [5.74, 6) is 0.178. The molecule has 3 nitrogen and oxygen atoms in total. The van der Waals surface area contributed by atoms with Crippen LogP contribution in [0.15, 0.2) is 0 Å². The largest absolute Gasteiger partial charge is 0.377 e. The Labute approximate surface area is 61.8 Å². The maximum Gasteiger partial charge on any atom is 0.158 e. The van der Waals surface area contributed by atoms with Crippen LogP contribution in [0.1, 0.15) is 12.8 Å². The van der Waals surface area contributed by atoms with Crippen molar-refractivity contribution >= 4 is 5.78 Å². The lowest BCUT2D eigenvalue weighted by atomic mass is 10.2. The van der Waals surface area contributed by atoms with Crippen LogP contribution in [0, 0.1) is 0 Å². The Bertz CT molecular complexity index is 93.6. The Morgan fingerprint density at radius 3 is 2.80 bits per heavy atom. The van der Waals surface area contributed by atoms with E-state index < -0.39 is 0 Å². The number of Topliss-reactive ketones (excluding diaryl/α,β-unsaturated/α-hetero) is 1. The zero-order valence-corrected chi connectivity index (χ0v) is 6.64. The van der Waals surface area contributed by atoms with Crippen molar-refractivity contribution in [3.8, 4) is 0 Å². The highest BCUT2D eigenvalue weighted by Gasteiger charge is 1.98. The van der Waals surface area contributed by atoms with Crippen molar-refractivity contribution in [1.82, 2.24) is 5.32 Å². The molecule has 0 saturated carbocycles. The summed E-state index contributed by atoms with van der Waals surface area (Å²) >= 11 is 0. The fourth-order valence-electron chi connectivity index (χ4n) is 0.695. The Morgan fingerprint density at radius 1 is 1.60 bits per heavy atom. The van der Waals surface area contributed by atoms with Crippen molar-refractivity contribution in [2.24, 2.45) is 0 Å². The highest BCUT2D eigenvalue weighted by molar-refractivity contribution is 5.79. The molecule has 0 aliphatic heterocycles. The summed E-state index contributed by atoms with van der Waals surface area (Å²) in [7, 11) is 3.41. The van der Waals surface area contributed by atoms with Crippen LogP contribution in [-0.4, -0.2) is 33.1 Å². The van der Waals surface area contributed by atoms with Gasteiger partial charge in [-0.05, 0) is 20.0 Å². The van der Waals surface area contributed by atoms with E-state index in [0.717, 1.165) is 13.0 Å². The van der Waals surface area contributed by atoms with Crippen LogP contribution < -0.4 is 5.32 Å². The molecule has 0 fully saturated rings. The molecule has 0 aromatic heterocycles. The molecule has 10 heavy (non-hydrogen) atoms. The number of rotatable bonds is 6. The predicted molar refractivity (Wildman–Crippen MR) is 40.0 cm³/mol. The summed E-state index contributed by atoms with van der Waals surface area (Å²) in [4.78, 5) is 10.8. The van der Waals surface area contributed by atoms with E-state index in [9.17, 15) is 4.79 Å². The summed E-state index contributed by atoms with van der Waals surface area (Å²) < 4.78 is 4.66. The van der Waals surface area contributed by atoms with Gasteiger partial charge in [-0.15, -0.1) is 0 Å². The molecule has 0 aliphatic rings. The van der Waals surface area contributed by atoms with E-state index >= 15 is 0 Å². The normalized spacial score (nSPS) is 9.80. The van der Waals surface area contributed by atoms with Gasteiger partial charge >= 0.3 is 0 Å². The molecule has 60 valence electrons. The Balaban J connectivity index is 3.05. The standard InChI is InChI=1S/C7H15NO2/c1-8-5-3-4-7(9)6-10-2/h8H,3-6H2,1-2H3. The van der Waals surface area contributed by atoms with Gasteiger partial charge in [-0.25, -0.2) is 0 Å². The van der Waals surface area contributed by atoms with Crippen LogP contribution in [0.4, 0.5) is 0 Å². The first-order valence-electron chi connectivity index (χ1n) is 3.46. The van der Waals surface area contributed by atoms with Crippen LogP contribution >= 0.6 is 0 Å². The summed E-state index contributed by atoms with van der Waals surface area (Å²) in [5.41, 5.74) is 0. The lowest BCUT2D eigenvalue weighted by Gasteiger charge is -1.97. The molecule has 0 atom stereocenters. The molecular formula is C7H15NO2. The van der Waals surface area contributed by atoms with Gasteiger partial charge in [-0.2, -0.15) is 0 Å². The number of ketones is 1.